The van der Waals surface area contributed by atoms with Crippen molar-refractivity contribution in [3.63, 3.8) is 0 Å². The summed E-state index contributed by atoms with van der Waals surface area (Å²) in [6.07, 6.45) is 3.10. The van der Waals surface area contributed by atoms with Crippen LogP contribution < -0.4 is 5.43 Å². The third kappa shape index (κ3) is 2.34. The highest BCUT2D eigenvalue weighted by Crippen LogP contribution is 2.24. The SMILES string of the molecule is O=c1ccn(-c2ccc([N+](=O)[O-])cc2Cl)cc1. The van der Waals surface area contributed by atoms with E-state index in [4.69, 9.17) is 11.6 Å². The Balaban J connectivity index is 2.50. The summed E-state index contributed by atoms with van der Waals surface area (Å²) in [5.74, 6) is 0. The molecule has 6 heteroatoms. The van der Waals surface area contributed by atoms with Gasteiger partial charge >= 0.3 is 0 Å². The number of nitro benzene ring substituents is 1. The van der Waals surface area contributed by atoms with Crippen LogP contribution in [-0.4, -0.2) is 9.49 Å². The van der Waals surface area contributed by atoms with Gasteiger partial charge in [0.05, 0.1) is 15.6 Å². The van der Waals surface area contributed by atoms with Gasteiger partial charge in [0.25, 0.3) is 5.69 Å². The molecule has 1 aromatic carbocycles. The molecule has 1 aromatic heterocycles. The van der Waals surface area contributed by atoms with E-state index in [1.807, 2.05) is 0 Å². The van der Waals surface area contributed by atoms with Gasteiger partial charge in [-0.05, 0) is 6.07 Å². The predicted octanol–water partition coefficient (Wildman–Crippen LogP) is 2.40. The van der Waals surface area contributed by atoms with Gasteiger partial charge < -0.3 is 4.57 Å². The second-order valence-corrected chi connectivity index (χ2v) is 3.74. The molecule has 86 valence electrons. The summed E-state index contributed by atoms with van der Waals surface area (Å²) in [6.45, 7) is 0. The van der Waals surface area contributed by atoms with Crippen molar-refractivity contribution >= 4 is 17.3 Å². The molecule has 0 spiro atoms. The first-order valence-electron chi connectivity index (χ1n) is 4.70. The van der Waals surface area contributed by atoms with Crippen molar-refractivity contribution in [3.05, 3.63) is 68.1 Å². The fourth-order valence-electron chi connectivity index (χ4n) is 1.39. The molecule has 0 radical (unpaired) electrons. The Kier molecular flexibility index (Phi) is 2.93. The molecular weight excluding hydrogens is 244 g/mol. The topological polar surface area (TPSA) is 65.1 Å². The van der Waals surface area contributed by atoms with Crippen molar-refractivity contribution < 1.29 is 4.92 Å². The molecule has 0 saturated heterocycles. The molecule has 0 atom stereocenters. The third-order valence-corrected chi connectivity index (χ3v) is 2.52. The van der Waals surface area contributed by atoms with Gasteiger partial charge in [-0.15, -0.1) is 0 Å². The lowest BCUT2D eigenvalue weighted by Crippen LogP contribution is -2.02. The van der Waals surface area contributed by atoms with E-state index in [1.165, 1.54) is 30.3 Å². The van der Waals surface area contributed by atoms with Gasteiger partial charge in [0.2, 0.25) is 0 Å². The number of nitro groups is 1. The maximum atomic E-state index is 10.9. The average Bonchev–Trinajstić information content (AvgIpc) is 2.30. The Morgan fingerprint density at radius 2 is 1.82 bits per heavy atom. The molecule has 1 heterocycles. The summed E-state index contributed by atoms with van der Waals surface area (Å²) in [5.41, 5.74) is 0.399. The van der Waals surface area contributed by atoms with E-state index >= 15 is 0 Å². The van der Waals surface area contributed by atoms with E-state index in [1.54, 1.807) is 17.0 Å². The van der Waals surface area contributed by atoms with Gasteiger partial charge in [-0.3, -0.25) is 14.9 Å². The van der Waals surface area contributed by atoms with E-state index in [-0.39, 0.29) is 16.1 Å². The Morgan fingerprint density at radius 3 is 2.35 bits per heavy atom. The molecular formula is C11H7ClN2O3. The molecule has 0 unspecified atom stereocenters. The first kappa shape index (κ1) is 11.3. The molecule has 0 saturated carbocycles. The van der Waals surface area contributed by atoms with Crippen molar-refractivity contribution in [1.29, 1.82) is 0 Å². The average molecular weight is 251 g/mol. The number of hydrogen-bond acceptors (Lipinski definition) is 3. The first-order valence-corrected chi connectivity index (χ1v) is 5.08. The van der Waals surface area contributed by atoms with E-state index in [2.05, 4.69) is 0 Å². The zero-order valence-corrected chi connectivity index (χ0v) is 9.29. The summed E-state index contributed by atoms with van der Waals surface area (Å²) in [5, 5.41) is 10.8. The van der Waals surface area contributed by atoms with E-state index < -0.39 is 4.92 Å². The summed E-state index contributed by atoms with van der Waals surface area (Å²) in [6, 6.07) is 6.94. The number of benzene rings is 1. The van der Waals surface area contributed by atoms with E-state index in [9.17, 15) is 14.9 Å². The molecule has 2 rings (SSSR count). The lowest BCUT2D eigenvalue weighted by Gasteiger charge is -2.07. The second kappa shape index (κ2) is 4.39. The highest BCUT2D eigenvalue weighted by atomic mass is 35.5. The molecule has 0 fully saturated rings. The van der Waals surface area contributed by atoms with Gasteiger partial charge in [-0.1, -0.05) is 11.6 Å². The Bertz CT molecular complexity index is 616. The van der Waals surface area contributed by atoms with Crippen LogP contribution >= 0.6 is 11.6 Å². The molecule has 17 heavy (non-hydrogen) atoms. The maximum Gasteiger partial charge on any atom is 0.271 e. The number of non-ortho nitro benzene ring substituents is 1. The Labute approximate surface area is 101 Å². The fraction of sp³-hybridized carbons (Fsp3) is 0. The molecule has 5 nitrogen and oxygen atoms in total. The van der Waals surface area contributed by atoms with Crippen LogP contribution in [0.1, 0.15) is 0 Å². The number of nitrogens with zero attached hydrogens (tertiary/aromatic N) is 2. The van der Waals surface area contributed by atoms with Crippen molar-refractivity contribution in [2.24, 2.45) is 0 Å². The quantitative estimate of drug-likeness (QED) is 0.607. The van der Waals surface area contributed by atoms with Crippen LogP contribution in [0.15, 0.2) is 47.5 Å². The lowest BCUT2D eigenvalue weighted by atomic mass is 10.2. The largest absolute Gasteiger partial charge is 0.322 e. The molecule has 0 amide bonds. The van der Waals surface area contributed by atoms with Gasteiger partial charge in [0.1, 0.15) is 0 Å². The van der Waals surface area contributed by atoms with Gasteiger partial charge in [-0.25, -0.2) is 0 Å². The molecule has 0 aliphatic heterocycles. The number of hydrogen-bond donors (Lipinski definition) is 0. The number of aromatic nitrogens is 1. The zero-order chi connectivity index (χ0) is 12.4. The number of rotatable bonds is 2. The Morgan fingerprint density at radius 1 is 1.18 bits per heavy atom. The third-order valence-electron chi connectivity index (χ3n) is 2.22. The minimum Gasteiger partial charge on any atom is -0.322 e. The smallest absolute Gasteiger partial charge is 0.271 e. The van der Waals surface area contributed by atoms with Crippen LogP contribution in [0, 0.1) is 10.1 Å². The van der Waals surface area contributed by atoms with Crippen LogP contribution in [0.25, 0.3) is 5.69 Å². The van der Waals surface area contributed by atoms with Gasteiger partial charge in [0.15, 0.2) is 5.43 Å². The number of halogens is 1. The second-order valence-electron chi connectivity index (χ2n) is 3.33. The fourth-order valence-corrected chi connectivity index (χ4v) is 1.66. The molecule has 0 aliphatic rings. The molecule has 0 aliphatic carbocycles. The summed E-state index contributed by atoms with van der Waals surface area (Å²) >= 11 is 5.94. The summed E-state index contributed by atoms with van der Waals surface area (Å²) in [4.78, 5) is 21.0. The van der Waals surface area contributed by atoms with Crippen LogP contribution in [0.5, 0.6) is 0 Å². The summed E-state index contributed by atoms with van der Waals surface area (Å²) in [7, 11) is 0. The monoisotopic (exact) mass is 250 g/mol. The van der Waals surface area contributed by atoms with Crippen LogP contribution in [-0.2, 0) is 0 Å². The van der Waals surface area contributed by atoms with Crippen molar-refractivity contribution in [3.8, 4) is 5.69 Å². The van der Waals surface area contributed by atoms with Crippen LogP contribution in [0.2, 0.25) is 5.02 Å². The summed E-state index contributed by atoms with van der Waals surface area (Å²) < 4.78 is 1.62. The van der Waals surface area contributed by atoms with E-state index in [0.29, 0.717) is 5.69 Å². The number of pyridine rings is 1. The normalized spacial score (nSPS) is 10.2. The van der Waals surface area contributed by atoms with Gasteiger partial charge in [-0.2, -0.15) is 0 Å². The minimum absolute atomic E-state index is 0.0696. The standard InChI is InChI=1S/C11H7ClN2O3/c12-10-7-8(14(16)17)1-2-11(10)13-5-3-9(15)4-6-13/h1-7H. The Hall–Kier alpha value is -2.14. The predicted molar refractivity (Wildman–Crippen MR) is 63.7 cm³/mol. The van der Waals surface area contributed by atoms with E-state index in [0.717, 1.165) is 0 Å². The molecule has 2 aromatic rings. The minimum atomic E-state index is -0.513. The maximum absolute atomic E-state index is 10.9. The van der Waals surface area contributed by atoms with Crippen molar-refractivity contribution in [2.45, 2.75) is 0 Å². The first-order chi connectivity index (χ1) is 8.08. The van der Waals surface area contributed by atoms with Crippen LogP contribution in [0.3, 0.4) is 0 Å². The highest BCUT2D eigenvalue weighted by Gasteiger charge is 2.09. The van der Waals surface area contributed by atoms with Crippen molar-refractivity contribution in [2.75, 3.05) is 0 Å². The zero-order valence-electron chi connectivity index (χ0n) is 8.54. The lowest BCUT2D eigenvalue weighted by molar-refractivity contribution is -0.384. The molecule has 0 N–H and O–H groups in total. The van der Waals surface area contributed by atoms with Crippen LogP contribution in [0.4, 0.5) is 5.69 Å². The molecule has 0 bridgehead atoms. The van der Waals surface area contributed by atoms with Gasteiger partial charge in [0, 0.05) is 36.7 Å². The highest BCUT2D eigenvalue weighted by molar-refractivity contribution is 6.32. The van der Waals surface area contributed by atoms with Crippen molar-refractivity contribution in [1.82, 2.24) is 4.57 Å².